The maximum atomic E-state index is 12.4. The van der Waals surface area contributed by atoms with Crippen LogP contribution in [-0.2, 0) is 13.1 Å². The second-order valence-corrected chi connectivity index (χ2v) is 5.68. The lowest BCUT2D eigenvalue weighted by Gasteiger charge is -2.09. The zero-order chi connectivity index (χ0) is 18.2. The maximum Gasteiger partial charge on any atom is 0.251 e. The summed E-state index contributed by atoms with van der Waals surface area (Å²) < 4.78 is 5.13. The molecule has 26 heavy (non-hydrogen) atoms. The minimum atomic E-state index is -0.146. The summed E-state index contributed by atoms with van der Waals surface area (Å²) >= 11 is 0. The molecular weight excluding hydrogens is 328 g/mol. The number of hydrogen-bond acceptors (Lipinski definition) is 5. The lowest BCUT2D eigenvalue weighted by molar-refractivity contribution is 0.0951. The lowest BCUT2D eigenvalue weighted by Crippen LogP contribution is -2.23. The number of rotatable bonds is 7. The molecule has 6 heteroatoms. The van der Waals surface area contributed by atoms with Crippen molar-refractivity contribution in [2.24, 2.45) is 0 Å². The van der Waals surface area contributed by atoms with E-state index in [-0.39, 0.29) is 5.91 Å². The van der Waals surface area contributed by atoms with Gasteiger partial charge in [-0.25, -0.2) is 4.98 Å². The van der Waals surface area contributed by atoms with Crippen molar-refractivity contribution in [3.63, 3.8) is 0 Å². The van der Waals surface area contributed by atoms with Gasteiger partial charge >= 0.3 is 0 Å². The van der Waals surface area contributed by atoms with Gasteiger partial charge < -0.3 is 15.4 Å². The number of pyridine rings is 2. The van der Waals surface area contributed by atoms with Gasteiger partial charge in [0.1, 0.15) is 11.6 Å². The molecule has 1 amide bonds. The van der Waals surface area contributed by atoms with Crippen molar-refractivity contribution in [3.8, 4) is 5.75 Å². The summed E-state index contributed by atoms with van der Waals surface area (Å²) in [6.07, 6.45) is 5.14. The summed E-state index contributed by atoms with van der Waals surface area (Å²) in [5.41, 5.74) is 2.61. The number of anilines is 1. The van der Waals surface area contributed by atoms with Crippen molar-refractivity contribution in [1.29, 1.82) is 0 Å². The molecule has 0 fully saturated rings. The van der Waals surface area contributed by atoms with Gasteiger partial charge in [0.25, 0.3) is 5.91 Å². The zero-order valence-corrected chi connectivity index (χ0v) is 14.5. The smallest absolute Gasteiger partial charge is 0.251 e. The molecule has 0 saturated carbocycles. The van der Waals surface area contributed by atoms with Crippen LogP contribution in [0.2, 0.25) is 0 Å². The average Bonchev–Trinajstić information content (AvgIpc) is 2.72. The molecule has 1 aromatic carbocycles. The first-order valence-corrected chi connectivity index (χ1v) is 8.24. The molecule has 0 spiro atoms. The van der Waals surface area contributed by atoms with Gasteiger partial charge in [0.2, 0.25) is 0 Å². The number of aromatic nitrogens is 2. The Bertz CT molecular complexity index is 851. The van der Waals surface area contributed by atoms with Crippen LogP contribution in [0.15, 0.2) is 67.1 Å². The second kappa shape index (κ2) is 8.62. The summed E-state index contributed by atoms with van der Waals surface area (Å²) in [4.78, 5) is 20.7. The van der Waals surface area contributed by atoms with Gasteiger partial charge in [-0.3, -0.25) is 9.78 Å². The van der Waals surface area contributed by atoms with Crippen molar-refractivity contribution in [3.05, 3.63) is 83.8 Å². The molecule has 2 aromatic heterocycles. The molecule has 0 atom stereocenters. The van der Waals surface area contributed by atoms with Crippen LogP contribution in [0.4, 0.5) is 5.82 Å². The van der Waals surface area contributed by atoms with E-state index in [2.05, 4.69) is 20.6 Å². The highest BCUT2D eigenvalue weighted by Gasteiger charge is 2.07. The third-order valence-electron chi connectivity index (χ3n) is 3.83. The number of carbonyl (C=O) groups excluding carboxylic acids is 1. The first kappa shape index (κ1) is 17.4. The van der Waals surface area contributed by atoms with Crippen molar-refractivity contribution >= 4 is 11.7 Å². The SMILES string of the molecule is COc1ccc(CNC(=O)c2ccnc(NCc3cccnc3)c2)cc1. The Kier molecular flexibility index (Phi) is 5.77. The van der Waals surface area contributed by atoms with E-state index in [0.29, 0.717) is 24.5 Å². The minimum Gasteiger partial charge on any atom is -0.497 e. The van der Waals surface area contributed by atoms with Crippen LogP contribution < -0.4 is 15.4 Å². The molecule has 0 radical (unpaired) electrons. The van der Waals surface area contributed by atoms with Gasteiger partial charge in [0.05, 0.1) is 7.11 Å². The van der Waals surface area contributed by atoms with Crippen molar-refractivity contribution in [2.45, 2.75) is 13.1 Å². The number of carbonyl (C=O) groups is 1. The van der Waals surface area contributed by atoms with Crippen LogP contribution in [-0.4, -0.2) is 23.0 Å². The molecule has 0 aliphatic heterocycles. The topological polar surface area (TPSA) is 76.1 Å². The largest absolute Gasteiger partial charge is 0.497 e. The second-order valence-electron chi connectivity index (χ2n) is 5.68. The fourth-order valence-corrected chi connectivity index (χ4v) is 2.39. The molecule has 0 bridgehead atoms. The molecule has 0 unspecified atom stereocenters. The fraction of sp³-hybridized carbons (Fsp3) is 0.150. The summed E-state index contributed by atoms with van der Waals surface area (Å²) in [6.45, 7) is 1.04. The van der Waals surface area contributed by atoms with Gasteiger partial charge in [-0.15, -0.1) is 0 Å². The number of methoxy groups -OCH3 is 1. The molecule has 132 valence electrons. The Morgan fingerprint density at radius 1 is 1.04 bits per heavy atom. The van der Waals surface area contributed by atoms with Crippen LogP contribution in [0.1, 0.15) is 21.5 Å². The Morgan fingerprint density at radius 2 is 1.88 bits per heavy atom. The van der Waals surface area contributed by atoms with Crippen molar-refractivity contribution in [1.82, 2.24) is 15.3 Å². The molecule has 2 N–H and O–H groups in total. The van der Waals surface area contributed by atoms with Gasteiger partial charge in [0, 0.05) is 37.2 Å². The quantitative estimate of drug-likeness (QED) is 0.686. The number of nitrogens with zero attached hydrogens (tertiary/aromatic N) is 2. The molecule has 3 rings (SSSR count). The Labute approximate surface area is 152 Å². The first-order valence-electron chi connectivity index (χ1n) is 8.24. The van der Waals surface area contributed by atoms with E-state index in [1.807, 2.05) is 36.4 Å². The molecule has 6 nitrogen and oxygen atoms in total. The van der Waals surface area contributed by atoms with Gasteiger partial charge in [-0.2, -0.15) is 0 Å². The predicted octanol–water partition coefficient (Wildman–Crippen LogP) is 3.03. The van der Waals surface area contributed by atoms with Gasteiger partial charge in [0.15, 0.2) is 0 Å². The first-order chi connectivity index (χ1) is 12.7. The van der Waals surface area contributed by atoms with E-state index in [1.54, 1.807) is 37.8 Å². The number of benzene rings is 1. The Morgan fingerprint density at radius 3 is 2.62 bits per heavy atom. The van der Waals surface area contributed by atoms with E-state index in [1.165, 1.54) is 0 Å². The van der Waals surface area contributed by atoms with E-state index >= 15 is 0 Å². The molecule has 0 saturated heterocycles. The Balaban J connectivity index is 1.57. The Hall–Kier alpha value is -3.41. The van der Waals surface area contributed by atoms with Crippen LogP contribution in [0.5, 0.6) is 5.75 Å². The summed E-state index contributed by atoms with van der Waals surface area (Å²) in [7, 11) is 1.63. The monoisotopic (exact) mass is 348 g/mol. The molecule has 0 aliphatic rings. The van der Waals surface area contributed by atoms with Gasteiger partial charge in [-0.05, 0) is 41.5 Å². The van der Waals surface area contributed by atoms with Crippen LogP contribution in [0.25, 0.3) is 0 Å². The third-order valence-corrected chi connectivity index (χ3v) is 3.83. The van der Waals surface area contributed by atoms with E-state index in [4.69, 9.17) is 4.74 Å². The highest BCUT2D eigenvalue weighted by atomic mass is 16.5. The average molecular weight is 348 g/mol. The van der Waals surface area contributed by atoms with Crippen LogP contribution in [0.3, 0.4) is 0 Å². The highest BCUT2D eigenvalue weighted by Crippen LogP contribution is 2.12. The third kappa shape index (κ3) is 4.80. The summed E-state index contributed by atoms with van der Waals surface area (Å²) in [5, 5.41) is 6.11. The van der Waals surface area contributed by atoms with E-state index in [0.717, 1.165) is 16.9 Å². The molecule has 3 aromatic rings. The van der Waals surface area contributed by atoms with Crippen molar-refractivity contribution in [2.75, 3.05) is 12.4 Å². The zero-order valence-electron chi connectivity index (χ0n) is 14.5. The van der Waals surface area contributed by atoms with Gasteiger partial charge in [-0.1, -0.05) is 18.2 Å². The van der Waals surface area contributed by atoms with E-state index < -0.39 is 0 Å². The molecule has 0 aliphatic carbocycles. The fourth-order valence-electron chi connectivity index (χ4n) is 2.39. The number of amides is 1. The normalized spacial score (nSPS) is 10.2. The summed E-state index contributed by atoms with van der Waals surface area (Å²) in [6, 6.07) is 14.9. The highest BCUT2D eigenvalue weighted by molar-refractivity contribution is 5.94. The number of hydrogen-bond donors (Lipinski definition) is 2. The van der Waals surface area contributed by atoms with E-state index in [9.17, 15) is 4.79 Å². The molecule has 2 heterocycles. The van der Waals surface area contributed by atoms with Crippen molar-refractivity contribution < 1.29 is 9.53 Å². The standard InChI is InChI=1S/C20H20N4O2/c1-26-18-6-4-15(5-7-18)13-24-20(25)17-8-10-22-19(11-17)23-14-16-3-2-9-21-12-16/h2-12H,13-14H2,1H3,(H,22,23)(H,24,25). The predicted molar refractivity (Wildman–Crippen MR) is 100.0 cm³/mol. The maximum absolute atomic E-state index is 12.4. The minimum absolute atomic E-state index is 0.146. The molecular formula is C20H20N4O2. The lowest BCUT2D eigenvalue weighted by atomic mass is 10.2. The number of nitrogens with one attached hydrogen (secondary N) is 2. The summed E-state index contributed by atoms with van der Waals surface area (Å²) in [5.74, 6) is 1.29. The number of ether oxygens (including phenoxy) is 1. The van der Waals surface area contributed by atoms with Crippen LogP contribution >= 0.6 is 0 Å². The van der Waals surface area contributed by atoms with Crippen LogP contribution in [0, 0.1) is 0 Å².